The van der Waals surface area contributed by atoms with E-state index < -0.39 is 70.4 Å². The number of aliphatic hydroxyl groups excluding tert-OH is 1. The molecular formula is C54H52N6O11. The molecule has 4 aliphatic rings. The number of cyclic esters (lactones) is 1. The topological polar surface area (TPSA) is 224 Å². The molecule has 9 rings (SSSR count). The Balaban J connectivity index is 1.31. The zero-order valence-corrected chi connectivity index (χ0v) is 38.7. The second kappa shape index (κ2) is 20.9. The number of amides is 5. The van der Waals surface area contributed by atoms with Crippen molar-refractivity contribution in [3.8, 4) is 17.6 Å². The van der Waals surface area contributed by atoms with Gasteiger partial charge in [0.2, 0.25) is 11.8 Å². The van der Waals surface area contributed by atoms with Crippen LogP contribution in [0.4, 0.5) is 21.0 Å². The van der Waals surface area contributed by atoms with Crippen LogP contribution in [0.25, 0.3) is 0 Å². The number of ether oxygens (including phenoxy) is 3. The number of nitrogens with zero attached hydrogens (tertiary/aromatic N) is 4. The number of hydrogen-bond acceptors (Lipinski definition) is 12. The second-order valence-electron chi connectivity index (χ2n) is 17.9. The van der Waals surface area contributed by atoms with Crippen molar-refractivity contribution in [2.24, 2.45) is 11.7 Å². The molecule has 3 saturated heterocycles. The van der Waals surface area contributed by atoms with Gasteiger partial charge < -0.3 is 35.3 Å². The Labute approximate surface area is 409 Å². The van der Waals surface area contributed by atoms with Crippen molar-refractivity contribution in [2.45, 2.75) is 68.4 Å². The Morgan fingerprint density at radius 1 is 0.831 bits per heavy atom. The Bertz CT molecular complexity index is 2860. The average molecular weight is 961 g/mol. The number of anilines is 1. The van der Waals surface area contributed by atoms with Gasteiger partial charge in [-0.2, -0.15) is 0 Å². The number of likely N-dealkylation sites (tertiary alicyclic amines) is 1. The third-order valence-electron chi connectivity index (χ3n) is 13.7. The number of rotatable bonds is 11. The van der Waals surface area contributed by atoms with Crippen LogP contribution in [-0.4, -0.2) is 88.6 Å². The summed E-state index contributed by atoms with van der Waals surface area (Å²) in [5.41, 5.74) is 6.07. The van der Waals surface area contributed by atoms with Gasteiger partial charge in [0, 0.05) is 30.8 Å². The van der Waals surface area contributed by atoms with Crippen molar-refractivity contribution in [1.29, 1.82) is 0 Å². The lowest BCUT2D eigenvalue weighted by Crippen LogP contribution is -2.56. The number of carbonyl (C=O) groups is 5. The minimum absolute atomic E-state index is 0.00950. The van der Waals surface area contributed by atoms with Crippen molar-refractivity contribution in [3.63, 3.8) is 0 Å². The maximum absolute atomic E-state index is 16.6. The molecule has 1 spiro atoms. The molecule has 0 saturated carbocycles. The van der Waals surface area contributed by atoms with E-state index in [1.807, 2.05) is 65.6 Å². The molecule has 0 aromatic heterocycles. The quantitative estimate of drug-likeness (QED) is 0.0539. The van der Waals surface area contributed by atoms with E-state index in [0.717, 1.165) is 29.7 Å². The number of morpholine rings is 1. The first-order chi connectivity index (χ1) is 34.5. The van der Waals surface area contributed by atoms with Crippen LogP contribution in [0.15, 0.2) is 127 Å². The molecule has 3 fully saturated rings. The van der Waals surface area contributed by atoms with Crippen molar-refractivity contribution in [2.75, 3.05) is 37.7 Å². The Hall–Kier alpha value is -8.07. The van der Waals surface area contributed by atoms with E-state index in [4.69, 9.17) is 19.9 Å². The van der Waals surface area contributed by atoms with Gasteiger partial charge in [-0.15, -0.1) is 0 Å². The predicted molar refractivity (Wildman–Crippen MR) is 258 cm³/mol. The van der Waals surface area contributed by atoms with Crippen LogP contribution in [0.2, 0.25) is 0 Å². The summed E-state index contributed by atoms with van der Waals surface area (Å²) >= 11 is 0. The number of aliphatic hydroxyl groups is 1. The van der Waals surface area contributed by atoms with Gasteiger partial charge in [0.15, 0.2) is 0 Å². The van der Waals surface area contributed by atoms with Crippen molar-refractivity contribution >= 4 is 41.3 Å². The summed E-state index contributed by atoms with van der Waals surface area (Å²) in [6.45, 7) is 0.0199. The number of nitro groups is 1. The minimum Gasteiger partial charge on any atom is -0.491 e. The molecule has 0 radical (unpaired) electrons. The number of imide groups is 1. The minimum atomic E-state index is -2.08. The summed E-state index contributed by atoms with van der Waals surface area (Å²) in [5.74, 6) is 2.81. The zero-order valence-electron chi connectivity index (χ0n) is 38.7. The Kier molecular flexibility index (Phi) is 14.1. The van der Waals surface area contributed by atoms with Gasteiger partial charge in [0.1, 0.15) is 36.5 Å². The Morgan fingerprint density at radius 2 is 1.49 bits per heavy atom. The number of nitrogens with two attached hydrogens (primary N) is 1. The lowest BCUT2D eigenvalue weighted by Gasteiger charge is -2.46. The van der Waals surface area contributed by atoms with E-state index in [0.29, 0.717) is 53.9 Å². The van der Waals surface area contributed by atoms with Gasteiger partial charge in [0.25, 0.3) is 5.69 Å². The highest BCUT2D eigenvalue weighted by Crippen LogP contribution is 2.66. The van der Waals surface area contributed by atoms with E-state index in [9.17, 15) is 24.8 Å². The molecule has 0 bridgehead atoms. The van der Waals surface area contributed by atoms with Gasteiger partial charge in [-0.25, -0.2) is 14.5 Å². The van der Waals surface area contributed by atoms with Crippen LogP contribution in [0.1, 0.15) is 83.7 Å². The molecule has 4 aliphatic heterocycles. The van der Waals surface area contributed by atoms with Crippen LogP contribution in [-0.2, 0) is 35.9 Å². The molecule has 0 unspecified atom stereocenters. The fourth-order valence-corrected chi connectivity index (χ4v) is 10.7. The van der Waals surface area contributed by atoms with Gasteiger partial charge in [-0.1, -0.05) is 104 Å². The third kappa shape index (κ3) is 9.27. The summed E-state index contributed by atoms with van der Waals surface area (Å²) in [6.07, 6.45) is 2.10. The number of non-ortho nitro benzene ring substituents is 1. The highest BCUT2D eigenvalue weighted by Gasteiger charge is 2.76. The zero-order chi connectivity index (χ0) is 49.6. The molecular weight excluding hydrogens is 909 g/mol. The molecule has 5 amide bonds. The third-order valence-corrected chi connectivity index (χ3v) is 13.7. The summed E-state index contributed by atoms with van der Waals surface area (Å²) in [7, 11) is 0. The van der Waals surface area contributed by atoms with Crippen LogP contribution in [0.5, 0.6) is 5.75 Å². The van der Waals surface area contributed by atoms with Crippen molar-refractivity contribution in [3.05, 3.63) is 171 Å². The van der Waals surface area contributed by atoms with E-state index in [1.54, 1.807) is 47.4 Å². The maximum atomic E-state index is 16.6. The summed E-state index contributed by atoms with van der Waals surface area (Å²) in [6, 6.07) is 31.7. The molecule has 4 heterocycles. The maximum Gasteiger partial charge on any atom is 0.421 e. The van der Waals surface area contributed by atoms with E-state index in [2.05, 4.69) is 17.2 Å². The first-order valence-corrected chi connectivity index (χ1v) is 23.6. The van der Waals surface area contributed by atoms with Crippen LogP contribution < -0.4 is 20.7 Å². The SMILES string of the molecule is NC(=O)NCC#Cc1ccc2c(c1)[C@]1(C(=O)N2C(=O)OCc2ccc([N+](=O)[O-])cc2)[C@H](c2ccc(OCCO)cc2)N2[C@H](c3ccccc3)[C@H](c3ccccc3)OC(=O)[C@H]2[C@@H]1C(=O)N1CCCCCCC1. The number of urea groups is 1. The molecule has 4 N–H and O–H groups in total. The number of hydrogen-bond donors (Lipinski definition) is 3. The predicted octanol–water partition coefficient (Wildman–Crippen LogP) is 6.78. The van der Waals surface area contributed by atoms with E-state index in [-0.39, 0.29) is 43.3 Å². The smallest absolute Gasteiger partial charge is 0.421 e. The fraction of sp³-hybridized carbons (Fsp3) is 0.315. The molecule has 17 nitrogen and oxygen atoms in total. The molecule has 17 heteroatoms. The first-order valence-electron chi connectivity index (χ1n) is 23.6. The first kappa shape index (κ1) is 48.0. The number of esters is 1. The van der Waals surface area contributed by atoms with Gasteiger partial charge in [-0.05, 0) is 83.1 Å². The molecule has 6 atom stereocenters. The largest absolute Gasteiger partial charge is 0.491 e. The monoisotopic (exact) mass is 960 g/mol. The highest BCUT2D eigenvalue weighted by atomic mass is 16.6. The normalized spacial score (nSPS) is 22.7. The van der Waals surface area contributed by atoms with Crippen LogP contribution in [0, 0.1) is 27.9 Å². The number of benzene rings is 5. The average Bonchev–Trinajstić information content (AvgIpc) is 3.83. The Morgan fingerprint density at radius 3 is 2.14 bits per heavy atom. The number of carbonyl (C=O) groups excluding carboxylic acids is 5. The highest BCUT2D eigenvalue weighted by molar-refractivity contribution is 6.23. The second-order valence-corrected chi connectivity index (χ2v) is 17.9. The van der Waals surface area contributed by atoms with E-state index in [1.165, 1.54) is 24.3 Å². The summed E-state index contributed by atoms with van der Waals surface area (Å²) in [5, 5.41) is 23.5. The summed E-state index contributed by atoms with van der Waals surface area (Å²) in [4.78, 5) is 90.2. The lowest BCUT2D eigenvalue weighted by molar-refractivity contribution is -0.384. The van der Waals surface area contributed by atoms with Gasteiger partial charge >= 0.3 is 18.1 Å². The molecule has 71 heavy (non-hydrogen) atoms. The van der Waals surface area contributed by atoms with Crippen LogP contribution >= 0.6 is 0 Å². The molecule has 364 valence electrons. The molecule has 5 aromatic carbocycles. The standard InChI is InChI=1S/C54H52N6O11/c55-52(65)56-28-12-13-35-20-27-43-42(33-35)54(51(64)58(43)53(66)70-34-36-18-23-40(24-19-36)60(67)68)44(49(62)57-29-10-2-1-3-11-30-57)46-50(63)71-47(38-16-8-5-9-17-38)45(37-14-6-4-7-15-37)59(46)48(54)39-21-25-41(26-22-39)69-32-31-61/h4-9,14-27,33,44-48,61H,1-3,10-11,28-32,34H2,(H3,55,56,65)/t44-,45-,46-,47+,48+,54-/m1/s1. The molecule has 0 aliphatic carbocycles. The van der Waals surface area contributed by atoms with Crippen molar-refractivity contribution < 1.29 is 48.2 Å². The van der Waals surface area contributed by atoms with E-state index >= 15 is 14.4 Å². The fourth-order valence-electron chi connectivity index (χ4n) is 10.7. The molecule has 5 aromatic rings. The van der Waals surface area contributed by atoms with Gasteiger partial charge in [-0.3, -0.25) is 29.4 Å². The number of fused-ring (bicyclic) bond motifs is 3. The summed E-state index contributed by atoms with van der Waals surface area (Å²) < 4.78 is 18.3. The van der Waals surface area contributed by atoms with Crippen LogP contribution in [0.3, 0.4) is 0 Å². The van der Waals surface area contributed by atoms with Gasteiger partial charge in [0.05, 0.1) is 41.8 Å². The number of primary amides is 1. The number of nitro benzene ring substituents is 1. The van der Waals surface area contributed by atoms with Crippen molar-refractivity contribution in [1.82, 2.24) is 15.1 Å². The lowest BCUT2D eigenvalue weighted by atomic mass is 9.64. The number of nitrogens with one attached hydrogen (secondary N) is 1.